The van der Waals surface area contributed by atoms with Crippen LogP contribution < -0.4 is 4.74 Å². The summed E-state index contributed by atoms with van der Waals surface area (Å²) in [6.07, 6.45) is 0. The number of carbonyl (C=O) groups excluding carboxylic acids is 1. The van der Waals surface area contributed by atoms with Crippen LogP contribution in [0.1, 0.15) is 11.7 Å². The second-order valence-electron chi connectivity index (χ2n) is 4.91. The van der Waals surface area contributed by atoms with Crippen molar-refractivity contribution < 1.29 is 9.53 Å². The third-order valence-electron chi connectivity index (χ3n) is 3.33. The number of hydrogen-bond donors (Lipinski definition) is 1. The predicted molar refractivity (Wildman–Crippen MR) is 86.4 cm³/mol. The minimum atomic E-state index is -0.991. The summed E-state index contributed by atoms with van der Waals surface area (Å²) in [5.74, 6) is -0.501. The number of aromatic amines is 1. The van der Waals surface area contributed by atoms with Crippen molar-refractivity contribution in [2.45, 2.75) is 5.92 Å². The van der Waals surface area contributed by atoms with Crippen molar-refractivity contribution in [3.63, 3.8) is 0 Å². The van der Waals surface area contributed by atoms with Crippen LogP contribution in [0.2, 0.25) is 5.02 Å². The molecule has 0 saturated carbocycles. The van der Waals surface area contributed by atoms with Crippen molar-refractivity contribution in [2.75, 3.05) is 6.61 Å². The maximum atomic E-state index is 12.3. The zero-order valence-electron chi connectivity index (χ0n) is 12.0. The number of para-hydroxylation sites is 2. The maximum absolute atomic E-state index is 12.3. The van der Waals surface area contributed by atoms with Crippen LogP contribution in [0.15, 0.2) is 48.5 Å². The molecule has 0 aliphatic carbocycles. The number of Topliss-reactive ketones (excluding diaryl/α,β-unsaturated/α-hetero) is 1. The van der Waals surface area contributed by atoms with Gasteiger partial charge in [-0.1, -0.05) is 23.7 Å². The molecule has 5 nitrogen and oxygen atoms in total. The van der Waals surface area contributed by atoms with E-state index in [4.69, 9.17) is 16.3 Å². The summed E-state index contributed by atoms with van der Waals surface area (Å²) in [6.45, 7) is -0.211. The van der Waals surface area contributed by atoms with Crippen LogP contribution in [0.5, 0.6) is 5.75 Å². The quantitative estimate of drug-likeness (QED) is 0.779. The Morgan fingerprint density at radius 3 is 2.70 bits per heavy atom. The highest BCUT2D eigenvalue weighted by Crippen LogP contribution is 2.19. The molecule has 23 heavy (non-hydrogen) atoms. The molecule has 0 aliphatic rings. The third kappa shape index (κ3) is 3.33. The van der Waals surface area contributed by atoms with Crippen molar-refractivity contribution in [1.29, 1.82) is 5.26 Å². The van der Waals surface area contributed by atoms with Gasteiger partial charge in [-0.3, -0.25) is 4.79 Å². The fourth-order valence-electron chi connectivity index (χ4n) is 2.16. The molecule has 0 saturated heterocycles. The van der Waals surface area contributed by atoms with Crippen molar-refractivity contribution in [3.05, 3.63) is 59.4 Å². The van der Waals surface area contributed by atoms with Crippen LogP contribution in [-0.4, -0.2) is 22.4 Å². The fraction of sp³-hybridized carbons (Fsp3) is 0.118. The fourth-order valence-corrected chi connectivity index (χ4v) is 2.29. The van der Waals surface area contributed by atoms with E-state index in [1.165, 1.54) is 0 Å². The van der Waals surface area contributed by atoms with Crippen LogP contribution >= 0.6 is 11.6 Å². The lowest BCUT2D eigenvalue weighted by Crippen LogP contribution is -2.20. The summed E-state index contributed by atoms with van der Waals surface area (Å²) in [5, 5.41) is 9.89. The van der Waals surface area contributed by atoms with E-state index in [0.717, 1.165) is 5.52 Å². The Morgan fingerprint density at radius 1 is 1.26 bits per heavy atom. The first kappa shape index (κ1) is 15.1. The lowest BCUT2D eigenvalue weighted by Gasteiger charge is -2.08. The van der Waals surface area contributed by atoms with Gasteiger partial charge in [0.15, 0.2) is 11.7 Å². The molecular formula is C17H12ClN3O2. The number of ether oxygens (including phenoxy) is 1. The highest BCUT2D eigenvalue weighted by atomic mass is 35.5. The number of carbonyl (C=O) groups is 1. The first-order chi connectivity index (χ1) is 11.2. The van der Waals surface area contributed by atoms with Gasteiger partial charge in [0.25, 0.3) is 0 Å². The largest absolute Gasteiger partial charge is 0.486 e. The van der Waals surface area contributed by atoms with Gasteiger partial charge in [0.2, 0.25) is 0 Å². The van der Waals surface area contributed by atoms with E-state index in [2.05, 4.69) is 9.97 Å². The second kappa shape index (κ2) is 6.51. The number of nitrogens with one attached hydrogen (secondary N) is 1. The minimum Gasteiger partial charge on any atom is -0.486 e. The SMILES string of the molecule is N#CC(C(=O)COc1ccc(Cl)cc1)c1nc2ccccc2[nH]1. The molecular weight excluding hydrogens is 314 g/mol. The first-order valence-electron chi connectivity index (χ1n) is 6.93. The Morgan fingerprint density at radius 2 is 2.00 bits per heavy atom. The average Bonchev–Trinajstić information content (AvgIpc) is 2.98. The van der Waals surface area contributed by atoms with Crippen LogP contribution in [0.25, 0.3) is 11.0 Å². The van der Waals surface area contributed by atoms with Gasteiger partial charge >= 0.3 is 0 Å². The molecule has 0 radical (unpaired) electrons. The van der Waals surface area contributed by atoms with Crippen LogP contribution in [0, 0.1) is 11.3 Å². The van der Waals surface area contributed by atoms with E-state index in [-0.39, 0.29) is 12.4 Å². The molecule has 1 N–H and O–H groups in total. The van der Waals surface area contributed by atoms with E-state index in [9.17, 15) is 10.1 Å². The molecule has 3 rings (SSSR count). The number of aromatic nitrogens is 2. The average molecular weight is 326 g/mol. The molecule has 2 aromatic carbocycles. The molecule has 0 amide bonds. The number of hydrogen-bond acceptors (Lipinski definition) is 4. The smallest absolute Gasteiger partial charge is 0.194 e. The molecule has 1 aromatic heterocycles. The van der Waals surface area contributed by atoms with Gasteiger partial charge in [0.1, 0.15) is 18.2 Å². The summed E-state index contributed by atoms with van der Waals surface area (Å²) in [4.78, 5) is 19.6. The number of benzene rings is 2. The topological polar surface area (TPSA) is 78.8 Å². The number of ketones is 1. The number of halogens is 1. The summed E-state index contributed by atoms with van der Waals surface area (Å²) < 4.78 is 5.40. The molecule has 0 spiro atoms. The van der Waals surface area contributed by atoms with Crippen LogP contribution in [0.4, 0.5) is 0 Å². The predicted octanol–water partition coefficient (Wildman–Crippen LogP) is 3.47. The monoisotopic (exact) mass is 325 g/mol. The lowest BCUT2D eigenvalue weighted by atomic mass is 10.1. The number of H-pyrrole nitrogens is 1. The van der Waals surface area contributed by atoms with Gasteiger partial charge in [-0.25, -0.2) is 4.98 Å². The molecule has 1 heterocycles. The summed E-state index contributed by atoms with van der Waals surface area (Å²) in [7, 11) is 0. The Bertz CT molecular complexity index is 848. The van der Waals surface area contributed by atoms with Gasteiger partial charge in [0.05, 0.1) is 17.1 Å². The van der Waals surface area contributed by atoms with E-state index < -0.39 is 5.92 Å². The van der Waals surface area contributed by atoms with Gasteiger partial charge in [-0.05, 0) is 36.4 Å². The lowest BCUT2D eigenvalue weighted by molar-refractivity contribution is -0.121. The number of imidazole rings is 1. The zero-order chi connectivity index (χ0) is 16.2. The van der Waals surface area contributed by atoms with E-state index in [1.54, 1.807) is 24.3 Å². The molecule has 1 unspecified atom stereocenters. The standard InChI is InChI=1S/C17H12ClN3O2/c18-11-5-7-12(8-6-11)23-10-16(22)13(9-19)17-20-14-3-1-2-4-15(14)21-17/h1-8,13H,10H2,(H,20,21). The molecule has 3 aromatic rings. The Labute approximate surface area is 137 Å². The molecule has 114 valence electrons. The Balaban J connectivity index is 1.73. The first-order valence-corrected chi connectivity index (χ1v) is 7.30. The highest BCUT2D eigenvalue weighted by Gasteiger charge is 2.24. The van der Waals surface area contributed by atoms with Crippen molar-refractivity contribution in [1.82, 2.24) is 9.97 Å². The van der Waals surface area contributed by atoms with Gasteiger partial charge in [0, 0.05) is 5.02 Å². The number of rotatable bonds is 5. The molecule has 0 fully saturated rings. The Kier molecular flexibility index (Phi) is 4.26. The second-order valence-corrected chi connectivity index (χ2v) is 5.35. The van der Waals surface area contributed by atoms with Crippen molar-refractivity contribution in [2.24, 2.45) is 0 Å². The van der Waals surface area contributed by atoms with Crippen molar-refractivity contribution >= 4 is 28.4 Å². The Hall–Kier alpha value is -2.84. The molecule has 1 atom stereocenters. The summed E-state index contributed by atoms with van der Waals surface area (Å²) in [5.41, 5.74) is 1.50. The third-order valence-corrected chi connectivity index (χ3v) is 3.58. The molecule has 6 heteroatoms. The summed E-state index contributed by atoms with van der Waals surface area (Å²) in [6, 6.07) is 16.0. The van der Waals surface area contributed by atoms with Crippen LogP contribution in [-0.2, 0) is 4.79 Å². The van der Waals surface area contributed by atoms with E-state index in [1.807, 2.05) is 30.3 Å². The normalized spacial score (nSPS) is 11.8. The van der Waals surface area contributed by atoms with Gasteiger partial charge in [-0.15, -0.1) is 0 Å². The number of nitrogens with zero attached hydrogens (tertiary/aromatic N) is 2. The van der Waals surface area contributed by atoms with E-state index in [0.29, 0.717) is 22.1 Å². The number of nitriles is 1. The highest BCUT2D eigenvalue weighted by molar-refractivity contribution is 6.30. The van der Waals surface area contributed by atoms with Crippen LogP contribution in [0.3, 0.4) is 0 Å². The molecule has 0 aliphatic heterocycles. The molecule has 0 bridgehead atoms. The zero-order valence-corrected chi connectivity index (χ0v) is 12.7. The number of fused-ring (bicyclic) bond motifs is 1. The van der Waals surface area contributed by atoms with Gasteiger partial charge < -0.3 is 9.72 Å². The van der Waals surface area contributed by atoms with Gasteiger partial charge in [-0.2, -0.15) is 5.26 Å². The summed E-state index contributed by atoms with van der Waals surface area (Å²) >= 11 is 5.79. The maximum Gasteiger partial charge on any atom is 0.194 e. The van der Waals surface area contributed by atoms with E-state index >= 15 is 0 Å². The van der Waals surface area contributed by atoms with Crippen molar-refractivity contribution in [3.8, 4) is 11.8 Å². The minimum absolute atomic E-state index is 0.211.